The molecule has 0 atom stereocenters. The third-order valence-corrected chi connectivity index (χ3v) is 5.93. The van der Waals surface area contributed by atoms with Gasteiger partial charge in [-0.15, -0.1) is 0 Å². The van der Waals surface area contributed by atoms with E-state index in [0.717, 1.165) is 27.9 Å². The van der Waals surface area contributed by atoms with Crippen molar-refractivity contribution in [3.63, 3.8) is 0 Å². The number of nitrogens with one attached hydrogen (secondary N) is 2. The molecule has 0 radical (unpaired) electrons. The first-order chi connectivity index (χ1) is 14.0. The third kappa shape index (κ3) is 4.33. The highest BCUT2D eigenvalue weighted by Gasteiger charge is 2.14. The van der Waals surface area contributed by atoms with Gasteiger partial charge in [-0.2, -0.15) is 0 Å². The summed E-state index contributed by atoms with van der Waals surface area (Å²) in [4.78, 5) is 0.233. The molecule has 0 heterocycles. The quantitative estimate of drug-likeness (QED) is 0.452. The Morgan fingerprint density at radius 3 is 1.93 bits per heavy atom. The average molecular weight is 404 g/mol. The third-order valence-electron chi connectivity index (χ3n) is 4.55. The molecule has 0 aromatic heterocycles. The highest BCUT2D eigenvalue weighted by molar-refractivity contribution is 7.92. The van der Waals surface area contributed by atoms with Crippen molar-refractivity contribution in [2.24, 2.45) is 0 Å². The van der Waals surface area contributed by atoms with E-state index in [1.54, 1.807) is 31.4 Å². The number of anilines is 3. The second kappa shape index (κ2) is 7.85. The van der Waals surface area contributed by atoms with Gasteiger partial charge in [0.2, 0.25) is 0 Å². The summed E-state index contributed by atoms with van der Waals surface area (Å²) < 4.78 is 33.3. The first-order valence-corrected chi connectivity index (χ1v) is 10.5. The van der Waals surface area contributed by atoms with Crippen LogP contribution in [0.2, 0.25) is 0 Å². The molecule has 5 nitrogen and oxygen atoms in total. The van der Waals surface area contributed by atoms with E-state index in [-0.39, 0.29) is 4.90 Å². The van der Waals surface area contributed by atoms with Crippen LogP contribution in [0.5, 0.6) is 5.75 Å². The van der Waals surface area contributed by atoms with Crippen molar-refractivity contribution in [1.82, 2.24) is 0 Å². The fourth-order valence-electron chi connectivity index (χ4n) is 3.01. The van der Waals surface area contributed by atoms with Crippen LogP contribution in [0.1, 0.15) is 0 Å². The zero-order valence-corrected chi connectivity index (χ0v) is 16.6. The second-order valence-electron chi connectivity index (χ2n) is 6.55. The summed E-state index contributed by atoms with van der Waals surface area (Å²) in [6, 6.07) is 27.4. The smallest absolute Gasteiger partial charge is 0.261 e. The number of fused-ring (bicyclic) bond motifs is 1. The summed E-state index contributed by atoms with van der Waals surface area (Å²) in [7, 11) is -2.04. The molecule has 0 bridgehead atoms. The van der Waals surface area contributed by atoms with Gasteiger partial charge in [0.25, 0.3) is 10.0 Å². The minimum absolute atomic E-state index is 0.233. The molecule has 0 saturated carbocycles. The molecule has 4 aromatic rings. The van der Waals surface area contributed by atoms with Gasteiger partial charge in [0.1, 0.15) is 5.75 Å². The molecule has 0 aliphatic carbocycles. The lowest BCUT2D eigenvalue weighted by Gasteiger charge is -2.11. The molecular formula is C23H20N2O3S. The van der Waals surface area contributed by atoms with Gasteiger partial charge in [0, 0.05) is 17.1 Å². The highest BCUT2D eigenvalue weighted by atomic mass is 32.2. The van der Waals surface area contributed by atoms with E-state index in [2.05, 4.69) is 10.0 Å². The van der Waals surface area contributed by atoms with Crippen molar-refractivity contribution in [2.75, 3.05) is 17.1 Å². The lowest BCUT2D eigenvalue weighted by atomic mass is 10.1. The predicted molar refractivity (Wildman–Crippen MR) is 117 cm³/mol. The Bertz CT molecular complexity index is 1240. The fourth-order valence-corrected chi connectivity index (χ4v) is 4.10. The van der Waals surface area contributed by atoms with Crippen molar-refractivity contribution >= 4 is 37.9 Å². The number of sulfonamides is 1. The second-order valence-corrected chi connectivity index (χ2v) is 8.23. The maximum Gasteiger partial charge on any atom is 0.261 e. The summed E-state index contributed by atoms with van der Waals surface area (Å²) in [5, 5.41) is 5.15. The molecular weight excluding hydrogens is 384 g/mol. The van der Waals surface area contributed by atoms with E-state index in [1.807, 2.05) is 66.7 Å². The summed E-state index contributed by atoms with van der Waals surface area (Å²) >= 11 is 0. The number of rotatable bonds is 6. The van der Waals surface area contributed by atoms with E-state index >= 15 is 0 Å². The van der Waals surface area contributed by atoms with Gasteiger partial charge in [-0.1, -0.05) is 30.3 Å². The van der Waals surface area contributed by atoms with Crippen LogP contribution in [0.3, 0.4) is 0 Å². The van der Waals surface area contributed by atoms with E-state index < -0.39 is 10.0 Å². The van der Waals surface area contributed by atoms with Crippen molar-refractivity contribution < 1.29 is 13.2 Å². The van der Waals surface area contributed by atoms with Crippen LogP contribution in [0, 0.1) is 0 Å². The molecule has 0 aliphatic rings. The van der Waals surface area contributed by atoms with Crippen molar-refractivity contribution in [2.45, 2.75) is 4.90 Å². The lowest BCUT2D eigenvalue weighted by molar-refractivity contribution is 0.415. The van der Waals surface area contributed by atoms with Crippen LogP contribution in [0.15, 0.2) is 95.9 Å². The van der Waals surface area contributed by atoms with Gasteiger partial charge in [0.15, 0.2) is 0 Å². The monoisotopic (exact) mass is 404 g/mol. The van der Waals surface area contributed by atoms with Gasteiger partial charge in [-0.05, 0) is 71.4 Å². The topological polar surface area (TPSA) is 67.4 Å². The van der Waals surface area contributed by atoms with Crippen LogP contribution >= 0.6 is 0 Å². The fraction of sp³-hybridized carbons (Fsp3) is 0.0435. The predicted octanol–water partition coefficient (Wildman–Crippen LogP) is 5.39. The van der Waals surface area contributed by atoms with Crippen LogP contribution in [0.25, 0.3) is 10.8 Å². The maximum absolute atomic E-state index is 12.7. The summed E-state index contributed by atoms with van der Waals surface area (Å²) in [5.74, 6) is 0.786. The lowest BCUT2D eigenvalue weighted by Crippen LogP contribution is -2.12. The number of methoxy groups -OCH3 is 1. The average Bonchev–Trinajstić information content (AvgIpc) is 2.75. The van der Waals surface area contributed by atoms with Crippen LogP contribution in [-0.2, 0) is 10.0 Å². The SMILES string of the molecule is COc1ccc(Nc2ccc(NS(=O)(=O)c3ccc4ccccc4c3)cc2)cc1. The van der Waals surface area contributed by atoms with Crippen LogP contribution < -0.4 is 14.8 Å². The molecule has 0 fully saturated rings. The van der Waals surface area contributed by atoms with Crippen molar-refractivity contribution in [3.8, 4) is 5.75 Å². The molecule has 0 aliphatic heterocycles. The number of hydrogen-bond acceptors (Lipinski definition) is 4. The number of ether oxygens (including phenoxy) is 1. The van der Waals surface area contributed by atoms with Gasteiger partial charge in [-0.25, -0.2) is 8.42 Å². The largest absolute Gasteiger partial charge is 0.497 e. The Labute approximate surface area is 170 Å². The standard InChI is InChI=1S/C23H20N2O3S/c1-28-22-13-11-20(12-14-22)24-19-7-9-21(10-8-19)25-29(26,27)23-15-6-17-4-2-3-5-18(17)16-23/h2-16,24-25H,1H3. The van der Waals surface area contributed by atoms with Gasteiger partial charge in [-0.3, -0.25) is 4.72 Å². The van der Waals surface area contributed by atoms with Gasteiger partial charge in [0.05, 0.1) is 12.0 Å². The summed E-state index contributed by atoms with van der Waals surface area (Å²) in [6.07, 6.45) is 0. The normalized spacial score (nSPS) is 11.2. The van der Waals surface area contributed by atoms with Crippen molar-refractivity contribution in [3.05, 3.63) is 91.0 Å². The van der Waals surface area contributed by atoms with Crippen LogP contribution in [-0.4, -0.2) is 15.5 Å². The molecule has 4 aromatic carbocycles. The first-order valence-electron chi connectivity index (χ1n) is 9.06. The van der Waals surface area contributed by atoms with Crippen LogP contribution in [0.4, 0.5) is 17.1 Å². The zero-order chi connectivity index (χ0) is 20.3. The summed E-state index contributed by atoms with van der Waals surface area (Å²) in [6.45, 7) is 0. The van der Waals surface area contributed by atoms with E-state index in [4.69, 9.17) is 4.74 Å². The van der Waals surface area contributed by atoms with Crippen molar-refractivity contribution in [1.29, 1.82) is 0 Å². The molecule has 146 valence electrons. The molecule has 0 amide bonds. The molecule has 2 N–H and O–H groups in total. The maximum atomic E-state index is 12.7. The molecule has 0 spiro atoms. The first kappa shape index (κ1) is 18.8. The molecule has 4 rings (SSSR count). The van der Waals surface area contributed by atoms with Gasteiger partial charge < -0.3 is 10.1 Å². The Balaban J connectivity index is 1.49. The highest BCUT2D eigenvalue weighted by Crippen LogP contribution is 2.24. The molecule has 6 heteroatoms. The summed E-state index contributed by atoms with van der Waals surface area (Å²) in [5.41, 5.74) is 2.26. The Morgan fingerprint density at radius 1 is 0.690 bits per heavy atom. The van der Waals surface area contributed by atoms with Gasteiger partial charge >= 0.3 is 0 Å². The Morgan fingerprint density at radius 2 is 1.28 bits per heavy atom. The minimum atomic E-state index is -3.67. The zero-order valence-electron chi connectivity index (χ0n) is 15.8. The molecule has 0 unspecified atom stereocenters. The van der Waals surface area contributed by atoms with E-state index in [9.17, 15) is 8.42 Å². The minimum Gasteiger partial charge on any atom is -0.497 e. The number of hydrogen-bond donors (Lipinski definition) is 2. The number of benzene rings is 4. The van der Waals surface area contributed by atoms with E-state index in [0.29, 0.717) is 5.69 Å². The molecule has 0 saturated heterocycles. The Kier molecular flexibility index (Phi) is 5.10. The molecule has 29 heavy (non-hydrogen) atoms. The Hall–Kier alpha value is -3.51. The van der Waals surface area contributed by atoms with E-state index in [1.165, 1.54) is 0 Å².